The van der Waals surface area contributed by atoms with Crippen molar-refractivity contribution in [2.45, 2.75) is 6.42 Å². The molecule has 0 atom stereocenters. The van der Waals surface area contributed by atoms with Crippen molar-refractivity contribution >= 4 is 17.7 Å². The molecule has 72 valence electrons. The minimum Gasteiger partial charge on any atom is -0.330 e. The summed E-state index contributed by atoms with van der Waals surface area (Å²) in [6.07, 6.45) is 4.61. The van der Waals surface area contributed by atoms with Gasteiger partial charge in [-0.05, 0) is 36.7 Å². The van der Waals surface area contributed by atoms with Crippen LogP contribution in [0, 0.1) is 11.3 Å². The zero-order valence-electron chi connectivity index (χ0n) is 7.70. The predicted molar refractivity (Wildman–Crippen MR) is 58.9 cm³/mol. The molecule has 0 heterocycles. The molecule has 0 bridgehead atoms. The summed E-state index contributed by atoms with van der Waals surface area (Å²) >= 11 is 5.82. The van der Waals surface area contributed by atoms with Gasteiger partial charge in [0.25, 0.3) is 0 Å². The van der Waals surface area contributed by atoms with Gasteiger partial charge in [-0.2, -0.15) is 5.26 Å². The van der Waals surface area contributed by atoms with Crippen LogP contribution in [0.3, 0.4) is 0 Å². The smallest absolute Gasteiger partial charge is 0.0997 e. The van der Waals surface area contributed by atoms with E-state index >= 15 is 0 Å². The van der Waals surface area contributed by atoms with Gasteiger partial charge in [0.1, 0.15) is 0 Å². The van der Waals surface area contributed by atoms with Gasteiger partial charge in [-0.3, -0.25) is 0 Å². The number of hydrogen-bond donors (Lipinski definition) is 1. The molecule has 0 fully saturated rings. The topological polar surface area (TPSA) is 49.8 Å². The highest BCUT2D eigenvalue weighted by Gasteiger charge is 1.98. The molecule has 0 aliphatic rings. The van der Waals surface area contributed by atoms with Gasteiger partial charge in [0.2, 0.25) is 0 Å². The molecule has 1 rings (SSSR count). The lowest BCUT2D eigenvalue weighted by Crippen LogP contribution is -1.95. The Balaban J connectivity index is 2.94. The summed E-state index contributed by atoms with van der Waals surface area (Å²) in [5.74, 6) is 0. The number of hydrogen-bond acceptors (Lipinski definition) is 2. The minimum absolute atomic E-state index is 0.610. The van der Waals surface area contributed by atoms with E-state index in [0.29, 0.717) is 17.1 Å². The highest BCUT2D eigenvalue weighted by atomic mass is 35.5. The molecule has 0 aliphatic heterocycles. The Morgan fingerprint density at radius 2 is 2.29 bits per heavy atom. The maximum Gasteiger partial charge on any atom is 0.0997 e. The molecular formula is C11H11ClN2. The van der Waals surface area contributed by atoms with Crippen LogP contribution >= 0.6 is 11.6 Å². The highest BCUT2D eigenvalue weighted by molar-refractivity contribution is 6.30. The van der Waals surface area contributed by atoms with Crippen LogP contribution in [0.1, 0.15) is 17.5 Å². The van der Waals surface area contributed by atoms with Crippen LogP contribution in [0.25, 0.3) is 6.08 Å². The molecule has 0 spiro atoms. The second kappa shape index (κ2) is 5.43. The lowest BCUT2D eigenvalue weighted by molar-refractivity contribution is 1.01. The second-order valence-electron chi connectivity index (χ2n) is 2.82. The van der Waals surface area contributed by atoms with Crippen molar-refractivity contribution in [3.8, 4) is 6.07 Å². The van der Waals surface area contributed by atoms with Crippen molar-refractivity contribution in [2.24, 2.45) is 5.73 Å². The number of rotatable bonds is 3. The average Bonchev–Trinajstić information content (AvgIpc) is 2.19. The summed E-state index contributed by atoms with van der Waals surface area (Å²) in [5, 5.41) is 9.45. The lowest BCUT2D eigenvalue weighted by atomic mass is 10.1. The Morgan fingerprint density at radius 3 is 2.93 bits per heavy atom. The van der Waals surface area contributed by atoms with Crippen molar-refractivity contribution in [3.63, 3.8) is 0 Å². The third-order valence-corrected chi connectivity index (χ3v) is 2.00. The van der Waals surface area contributed by atoms with Gasteiger partial charge in [0, 0.05) is 5.02 Å². The fraction of sp³-hybridized carbons (Fsp3) is 0.182. The zero-order valence-corrected chi connectivity index (χ0v) is 8.46. The summed E-state index contributed by atoms with van der Waals surface area (Å²) in [6.45, 7) is 0.610. The molecule has 2 nitrogen and oxygen atoms in total. The van der Waals surface area contributed by atoms with Crippen LogP contribution in [-0.4, -0.2) is 6.54 Å². The van der Waals surface area contributed by atoms with E-state index in [2.05, 4.69) is 6.07 Å². The molecule has 0 saturated heterocycles. The summed E-state index contributed by atoms with van der Waals surface area (Å²) < 4.78 is 0. The first-order chi connectivity index (χ1) is 6.77. The molecule has 0 aromatic heterocycles. The van der Waals surface area contributed by atoms with Crippen LogP contribution < -0.4 is 5.73 Å². The minimum atomic E-state index is 0.610. The Hall–Kier alpha value is -1.30. The molecule has 1 aromatic carbocycles. The second-order valence-corrected chi connectivity index (χ2v) is 3.26. The maximum absolute atomic E-state index is 8.81. The first-order valence-corrected chi connectivity index (χ1v) is 4.72. The van der Waals surface area contributed by atoms with Crippen molar-refractivity contribution in [2.75, 3.05) is 6.54 Å². The van der Waals surface area contributed by atoms with Gasteiger partial charge in [0.15, 0.2) is 0 Å². The summed E-state index contributed by atoms with van der Waals surface area (Å²) in [7, 11) is 0. The third-order valence-electron chi connectivity index (χ3n) is 1.76. The normalized spacial score (nSPS) is 10.4. The Morgan fingerprint density at radius 1 is 1.50 bits per heavy atom. The number of nitrogens with two attached hydrogens (primary N) is 1. The van der Waals surface area contributed by atoms with E-state index in [9.17, 15) is 0 Å². The van der Waals surface area contributed by atoms with E-state index in [0.717, 1.165) is 12.0 Å². The van der Waals surface area contributed by atoms with Gasteiger partial charge in [-0.15, -0.1) is 0 Å². The van der Waals surface area contributed by atoms with E-state index < -0.39 is 0 Å². The quantitative estimate of drug-likeness (QED) is 0.827. The molecule has 0 aliphatic carbocycles. The van der Waals surface area contributed by atoms with Crippen molar-refractivity contribution in [3.05, 3.63) is 40.4 Å². The molecular weight excluding hydrogens is 196 g/mol. The SMILES string of the molecule is N#Cc1ccc(Cl)cc1C=CCCN. The van der Waals surface area contributed by atoms with E-state index in [1.165, 1.54) is 0 Å². The van der Waals surface area contributed by atoms with Crippen LogP contribution in [0.15, 0.2) is 24.3 Å². The summed E-state index contributed by atoms with van der Waals surface area (Å²) in [4.78, 5) is 0. The van der Waals surface area contributed by atoms with Gasteiger partial charge >= 0.3 is 0 Å². The molecule has 2 N–H and O–H groups in total. The van der Waals surface area contributed by atoms with Crippen molar-refractivity contribution in [1.82, 2.24) is 0 Å². The Labute approximate surface area is 88.6 Å². The van der Waals surface area contributed by atoms with E-state index in [-0.39, 0.29) is 0 Å². The monoisotopic (exact) mass is 206 g/mol. The van der Waals surface area contributed by atoms with E-state index in [4.69, 9.17) is 22.6 Å². The average molecular weight is 207 g/mol. The molecule has 3 heteroatoms. The lowest BCUT2D eigenvalue weighted by Gasteiger charge is -1.98. The molecule has 0 amide bonds. The van der Waals surface area contributed by atoms with Crippen LogP contribution in [0.4, 0.5) is 0 Å². The summed E-state index contributed by atoms with van der Waals surface area (Å²) in [5.41, 5.74) is 6.82. The van der Waals surface area contributed by atoms with Gasteiger partial charge in [0.05, 0.1) is 11.6 Å². The summed E-state index contributed by atoms with van der Waals surface area (Å²) in [6, 6.07) is 7.30. The van der Waals surface area contributed by atoms with E-state index in [1.54, 1.807) is 18.2 Å². The largest absolute Gasteiger partial charge is 0.330 e. The van der Waals surface area contributed by atoms with E-state index in [1.807, 2.05) is 12.2 Å². The molecule has 0 unspecified atom stereocenters. The standard InChI is InChI=1S/C11H11ClN2/c12-11-5-4-10(8-14)9(7-11)3-1-2-6-13/h1,3-5,7H,2,6,13H2. The molecule has 1 aromatic rings. The fourth-order valence-corrected chi connectivity index (χ4v) is 1.26. The Bertz CT molecular complexity index is 377. The molecule has 14 heavy (non-hydrogen) atoms. The first kappa shape index (κ1) is 10.8. The number of nitriles is 1. The fourth-order valence-electron chi connectivity index (χ4n) is 1.08. The molecule has 0 saturated carbocycles. The van der Waals surface area contributed by atoms with Crippen molar-refractivity contribution < 1.29 is 0 Å². The molecule has 0 radical (unpaired) electrons. The predicted octanol–water partition coefficient (Wildman–Crippen LogP) is 2.57. The van der Waals surface area contributed by atoms with Crippen LogP contribution in [-0.2, 0) is 0 Å². The van der Waals surface area contributed by atoms with Gasteiger partial charge in [-0.1, -0.05) is 23.8 Å². The van der Waals surface area contributed by atoms with Gasteiger partial charge < -0.3 is 5.73 Å². The zero-order chi connectivity index (χ0) is 10.4. The maximum atomic E-state index is 8.81. The Kier molecular flexibility index (Phi) is 4.18. The first-order valence-electron chi connectivity index (χ1n) is 4.34. The number of nitrogens with zero attached hydrogens (tertiary/aromatic N) is 1. The third kappa shape index (κ3) is 2.88. The van der Waals surface area contributed by atoms with Crippen LogP contribution in [0.2, 0.25) is 5.02 Å². The highest BCUT2D eigenvalue weighted by Crippen LogP contribution is 2.16. The van der Waals surface area contributed by atoms with Crippen molar-refractivity contribution in [1.29, 1.82) is 5.26 Å². The van der Waals surface area contributed by atoms with Crippen LogP contribution in [0.5, 0.6) is 0 Å². The number of benzene rings is 1. The van der Waals surface area contributed by atoms with Gasteiger partial charge in [-0.25, -0.2) is 0 Å². The number of halogens is 1.